The zero-order valence-corrected chi connectivity index (χ0v) is 11.1. The molecule has 90 valence electrons. The van der Waals surface area contributed by atoms with Crippen LogP contribution in [0.3, 0.4) is 0 Å². The molecule has 0 aliphatic carbocycles. The van der Waals surface area contributed by atoms with Crippen LogP contribution in [0.25, 0.3) is 0 Å². The molecule has 0 fully saturated rings. The highest BCUT2D eigenvalue weighted by Crippen LogP contribution is 2.08. The average molecular weight is 221 g/mol. The monoisotopic (exact) mass is 221 g/mol. The Labute approximate surface area is 99.9 Å². The van der Waals surface area contributed by atoms with E-state index in [2.05, 4.69) is 45.1 Å². The lowest BCUT2D eigenvalue weighted by Crippen LogP contribution is -2.42. The molecule has 0 unspecified atom stereocenters. The van der Waals surface area contributed by atoms with Gasteiger partial charge in [-0.25, -0.2) is 0 Å². The second-order valence-corrected chi connectivity index (χ2v) is 5.64. The Hall–Kier alpha value is -0.890. The van der Waals surface area contributed by atoms with Gasteiger partial charge in [-0.2, -0.15) is 0 Å². The first-order valence-corrected chi connectivity index (χ1v) is 6.21. The Kier molecular flexibility index (Phi) is 4.94. The van der Waals surface area contributed by atoms with Crippen LogP contribution in [-0.4, -0.2) is 36.7 Å². The van der Waals surface area contributed by atoms with Gasteiger partial charge in [-0.15, -0.1) is 0 Å². The first-order valence-electron chi connectivity index (χ1n) is 6.21. The third-order valence-corrected chi connectivity index (χ3v) is 3.01. The normalized spacial score (nSPS) is 12.1. The van der Waals surface area contributed by atoms with E-state index in [4.69, 9.17) is 0 Å². The van der Waals surface area contributed by atoms with Crippen molar-refractivity contribution in [1.29, 1.82) is 0 Å². The summed E-state index contributed by atoms with van der Waals surface area (Å²) in [4.78, 5) is 4.37. The number of aromatic nitrogens is 1. The van der Waals surface area contributed by atoms with Crippen molar-refractivity contribution in [2.45, 2.75) is 26.7 Å². The Balaban J connectivity index is 2.36. The van der Waals surface area contributed by atoms with E-state index in [0.717, 1.165) is 16.8 Å². The molecule has 0 atom stereocenters. The van der Waals surface area contributed by atoms with E-state index in [1.54, 1.807) is 0 Å². The van der Waals surface area contributed by atoms with E-state index in [1.165, 1.54) is 25.2 Å². The van der Waals surface area contributed by atoms with Crippen LogP contribution in [0.1, 0.15) is 26.0 Å². The Morgan fingerprint density at radius 2 is 1.94 bits per heavy atom. The number of pyridine rings is 1. The van der Waals surface area contributed by atoms with Crippen LogP contribution in [0.15, 0.2) is 24.4 Å². The summed E-state index contributed by atoms with van der Waals surface area (Å²) in [5, 5.41) is 0. The first kappa shape index (κ1) is 13.2. The van der Waals surface area contributed by atoms with E-state index >= 15 is 0 Å². The van der Waals surface area contributed by atoms with Gasteiger partial charge in [-0.1, -0.05) is 19.9 Å². The lowest BCUT2D eigenvalue weighted by atomic mass is 10.1. The highest BCUT2D eigenvalue weighted by atomic mass is 15.3. The van der Waals surface area contributed by atoms with Crippen molar-refractivity contribution < 1.29 is 4.48 Å². The van der Waals surface area contributed by atoms with Crippen LogP contribution in [0.2, 0.25) is 0 Å². The van der Waals surface area contributed by atoms with Crippen LogP contribution >= 0.6 is 0 Å². The molecule has 0 spiro atoms. The zero-order valence-electron chi connectivity index (χ0n) is 11.1. The summed E-state index contributed by atoms with van der Waals surface area (Å²) in [5.41, 5.74) is 1.21. The fraction of sp³-hybridized carbons (Fsp3) is 0.643. The number of likely N-dealkylation sites (N-methyl/N-ethyl adjacent to an activating group) is 1. The van der Waals surface area contributed by atoms with Gasteiger partial charge >= 0.3 is 0 Å². The SMILES string of the molecule is CC(C)CC[N+](C)(C)CCc1ccccn1. The van der Waals surface area contributed by atoms with E-state index in [1.807, 2.05) is 12.3 Å². The molecule has 0 bridgehead atoms. The number of rotatable bonds is 6. The molecule has 0 aliphatic rings. The Morgan fingerprint density at radius 3 is 2.50 bits per heavy atom. The second-order valence-electron chi connectivity index (χ2n) is 5.64. The quantitative estimate of drug-likeness (QED) is 0.673. The summed E-state index contributed by atoms with van der Waals surface area (Å²) in [5.74, 6) is 0.798. The van der Waals surface area contributed by atoms with Gasteiger partial charge in [0.25, 0.3) is 0 Å². The van der Waals surface area contributed by atoms with Gasteiger partial charge in [-0.05, 0) is 24.5 Å². The van der Waals surface area contributed by atoms with Crippen molar-refractivity contribution >= 4 is 0 Å². The third-order valence-electron chi connectivity index (χ3n) is 3.01. The largest absolute Gasteiger partial charge is 0.328 e. The molecule has 16 heavy (non-hydrogen) atoms. The van der Waals surface area contributed by atoms with Gasteiger partial charge in [0.15, 0.2) is 0 Å². The molecule has 1 aromatic heterocycles. The lowest BCUT2D eigenvalue weighted by Gasteiger charge is -2.30. The first-order chi connectivity index (χ1) is 7.49. The number of quaternary nitrogens is 1. The molecule has 1 heterocycles. The van der Waals surface area contributed by atoms with Gasteiger partial charge in [-0.3, -0.25) is 4.98 Å². The van der Waals surface area contributed by atoms with Crippen molar-refractivity contribution in [3.63, 3.8) is 0 Å². The van der Waals surface area contributed by atoms with Gasteiger partial charge < -0.3 is 4.48 Å². The minimum Gasteiger partial charge on any atom is -0.328 e. The molecule has 0 radical (unpaired) electrons. The standard InChI is InChI=1S/C14H25N2/c1-13(2)8-11-16(3,4)12-9-14-7-5-6-10-15-14/h5-7,10,13H,8-9,11-12H2,1-4H3/q+1. The van der Waals surface area contributed by atoms with Crippen LogP contribution < -0.4 is 0 Å². The molecular formula is C14H25N2+. The molecule has 0 N–H and O–H groups in total. The summed E-state index contributed by atoms with van der Waals surface area (Å²) in [6.07, 6.45) is 4.25. The van der Waals surface area contributed by atoms with Crippen molar-refractivity contribution in [2.24, 2.45) is 5.92 Å². The van der Waals surface area contributed by atoms with Gasteiger partial charge in [0, 0.05) is 18.3 Å². The summed E-state index contributed by atoms with van der Waals surface area (Å²) < 4.78 is 1.09. The number of hydrogen-bond acceptors (Lipinski definition) is 1. The summed E-state index contributed by atoms with van der Waals surface area (Å²) in [6, 6.07) is 6.15. The number of hydrogen-bond donors (Lipinski definition) is 0. The molecule has 0 aromatic carbocycles. The predicted octanol–water partition coefficient (Wildman–Crippen LogP) is 2.75. The highest BCUT2D eigenvalue weighted by molar-refractivity contribution is 5.03. The molecule has 0 saturated carbocycles. The average Bonchev–Trinajstić information content (AvgIpc) is 2.26. The molecular weight excluding hydrogens is 196 g/mol. The second kappa shape index (κ2) is 6.00. The van der Waals surface area contributed by atoms with Gasteiger partial charge in [0.1, 0.15) is 0 Å². The molecule has 1 aromatic rings. The molecule has 2 nitrogen and oxygen atoms in total. The van der Waals surface area contributed by atoms with Gasteiger partial charge in [0.2, 0.25) is 0 Å². The molecule has 0 saturated heterocycles. The Morgan fingerprint density at radius 1 is 1.19 bits per heavy atom. The fourth-order valence-electron chi connectivity index (χ4n) is 1.68. The van der Waals surface area contributed by atoms with Crippen LogP contribution in [0, 0.1) is 5.92 Å². The van der Waals surface area contributed by atoms with E-state index in [9.17, 15) is 0 Å². The van der Waals surface area contributed by atoms with Crippen LogP contribution in [-0.2, 0) is 6.42 Å². The fourth-order valence-corrected chi connectivity index (χ4v) is 1.68. The van der Waals surface area contributed by atoms with E-state index in [0.29, 0.717) is 0 Å². The zero-order chi connectivity index (χ0) is 12.0. The van der Waals surface area contributed by atoms with Crippen molar-refractivity contribution in [2.75, 3.05) is 27.2 Å². The lowest BCUT2D eigenvalue weighted by molar-refractivity contribution is -0.890. The minimum absolute atomic E-state index is 0.798. The molecule has 0 aliphatic heterocycles. The maximum Gasteiger partial charge on any atom is 0.0838 e. The maximum absolute atomic E-state index is 4.37. The maximum atomic E-state index is 4.37. The summed E-state index contributed by atoms with van der Waals surface area (Å²) in [6.45, 7) is 7.01. The highest BCUT2D eigenvalue weighted by Gasteiger charge is 2.15. The predicted molar refractivity (Wildman–Crippen MR) is 69.2 cm³/mol. The molecule has 1 rings (SSSR count). The number of nitrogens with zero attached hydrogens (tertiary/aromatic N) is 2. The molecule has 0 amide bonds. The van der Waals surface area contributed by atoms with Gasteiger partial charge in [0.05, 0.1) is 27.2 Å². The third kappa shape index (κ3) is 5.26. The Bertz CT molecular complexity index is 291. The smallest absolute Gasteiger partial charge is 0.0838 e. The van der Waals surface area contributed by atoms with Crippen molar-refractivity contribution in [3.05, 3.63) is 30.1 Å². The van der Waals surface area contributed by atoms with Crippen molar-refractivity contribution in [3.8, 4) is 0 Å². The molecule has 2 heteroatoms. The summed E-state index contributed by atoms with van der Waals surface area (Å²) in [7, 11) is 4.62. The minimum atomic E-state index is 0.798. The van der Waals surface area contributed by atoms with Crippen LogP contribution in [0.5, 0.6) is 0 Å². The van der Waals surface area contributed by atoms with E-state index < -0.39 is 0 Å². The van der Waals surface area contributed by atoms with Crippen molar-refractivity contribution in [1.82, 2.24) is 4.98 Å². The van der Waals surface area contributed by atoms with Crippen LogP contribution in [0.4, 0.5) is 0 Å². The van der Waals surface area contributed by atoms with E-state index in [-0.39, 0.29) is 0 Å². The summed E-state index contributed by atoms with van der Waals surface area (Å²) >= 11 is 0. The topological polar surface area (TPSA) is 12.9 Å².